The van der Waals surface area contributed by atoms with E-state index >= 15 is 0 Å². The Morgan fingerprint density at radius 3 is 2.03 bits per heavy atom. The number of ketones is 1. The molecule has 148 valence electrons. The van der Waals surface area contributed by atoms with Gasteiger partial charge < -0.3 is 4.90 Å². The largest absolute Gasteiger partial charge is 0.371 e. The van der Waals surface area contributed by atoms with Crippen LogP contribution in [0.2, 0.25) is 0 Å². The van der Waals surface area contributed by atoms with Gasteiger partial charge in [0.2, 0.25) is 0 Å². The van der Waals surface area contributed by atoms with Crippen LogP contribution < -0.4 is 4.90 Å². The second-order valence-corrected chi connectivity index (χ2v) is 10.1. The predicted molar refractivity (Wildman–Crippen MR) is 122 cm³/mol. The first-order chi connectivity index (χ1) is 13.7. The van der Waals surface area contributed by atoms with Crippen LogP contribution in [0.5, 0.6) is 0 Å². The molecule has 0 bridgehead atoms. The Morgan fingerprint density at radius 2 is 1.48 bits per heavy atom. The first-order valence-electron chi connectivity index (χ1n) is 10.7. The molecular weight excluding hydrogens is 354 g/mol. The minimum atomic E-state index is 0.0945. The van der Waals surface area contributed by atoms with Gasteiger partial charge in [-0.25, -0.2) is 0 Å². The monoisotopic (exact) mass is 383 g/mol. The van der Waals surface area contributed by atoms with E-state index in [0.717, 1.165) is 53.8 Å². The zero-order valence-corrected chi connectivity index (χ0v) is 17.9. The topological polar surface area (TPSA) is 20.3 Å². The van der Waals surface area contributed by atoms with Crippen LogP contribution in [0.25, 0.3) is 11.6 Å². The molecule has 0 atom stereocenters. The van der Waals surface area contributed by atoms with Crippen LogP contribution in [0, 0.1) is 0 Å². The maximum Gasteiger partial charge on any atom is 0.194 e. The van der Waals surface area contributed by atoms with Crippen molar-refractivity contribution in [1.29, 1.82) is 0 Å². The van der Waals surface area contributed by atoms with E-state index in [4.69, 9.17) is 0 Å². The maximum absolute atomic E-state index is 13.0. The Hall–Kier alpha value is -2.61. The molecule has 2 heterocycles. The van der Waals surface area contributed by atoms with E-state index in [1.54, 1.807) is 0 Å². The van der Waals surface area contributed by atoms with E-state index in [1.807, 2.05) is 24.3 Å². The van der Waals surface area contributed by atoms with Crippen LogP contribution in [-0.2, 0) is 10.8 Å². The lowest BCUT2D eigenvalue weighted by molar-refractivity contribution is 0.104. The highest BCUT2D eigenvalue weighted by atomic mass is 16.1. The minimum absolute atomic E-state index is 0.0945. The molecule has 3 aliphatic rings. The molecule has 2 nitrogen and oxygen atoms in total. The van der Waals surface area contributed by atoms with Crippen LogP contribution >= 0.6 is 0 Å². The van der Waals surface area contributed by atoms with Crippen molar-refractivity contribution in [2.75, 3.05) is 18.0 Å². The van der Waals surface area contributed by atoms with E-state index in [0.29, 0.717) is 0 Å². The molecule has 29 heavy (non-hydrogen) atoms. The fourth-order valence-electron chi connectivity index (χ4n) is 5.24. The lowest BCUT2D eigenvalue weighted by atomic mass is 9.69. The Morgan fingerprint density at radius 1 is 0.931 bits per heavy atom. The summed E-state index contributed by atoms with van der Waals surface area (Å²) in [6, 6.07) is 12.5. The Labute approximate surface area is 173 Å². The molecule has 2 heteroatoms. The smallest absolute Gasteiger partial charge is 0.194 e. The average Bonchev–Trinajstić information content (AvgIpc) is 2.92. The molecule has 2 aromatic carbocycles. The highest BCUT2D eigenvalue weighted by molar-refractivity contribution is 6.28. The van der Waals surface area contributed by atoms with Crippen molar-refractivity contribution < 1.29 is 4.79 Å². The van der Waals surface area contributed by atoms with Crippen molar-refractivity contribution in [3.8, 4) is 0 Å². The zero-order valence-electron chi connectivity index (χ0n) is 17.9. The van der Waals surface area contributed by atoms with Crippen molar-refractivity contribution in [1.82, 2.24) is 0 Å². The number of nitrogens with zero attached hydrogens (tertiary/aromatic N) is 1. The molecule has 0 radical (unpaired) electrons. The molecule has 0 aromatic heterocycles. The molecular formula is C27H29NO. The lowest BCUT2D eigenvalue weighted by Crippen LogP contribution is -2.44. The van der Waals surface area contributed by atoms with Crippen LogP contribution in [0.4, 0.5) is 5.69 Å². The van der Waals surface area contributed by atoms with E-state index in [1.165, 1.54) is 16.8 Å². The van der Waals surface area contributed by atoms with Gasteiger partial charge in [-0.15, -0.1) is 0 Å². The van der Waals surface area contributed by atoms with Gasteiger partial charge in [-0.3, -0.25) is 4.79 Å². The summed E-state index contributed by atoms with van der Waals surface area (Å²) < 4.78 is 0. The summed E-state index contributed by atoms with van der Waals surface area (Å²) in [6.07, 6.45) is 4.40. The van der Waals surface area contributed by atoms with Gasteiger partial charge in [0.05, 0.1) is 0 Å². The highest BCUT2D eigenvalue weighted by Gasteiger charge is 2.40. The van der Waals surface area contributed by atoms with Gasteiger partial charge >= 0.3 is 0 Å². The fraction of sp³-hybridized carbons (Fsp3) is 0.370. The number of fused-ring (bicyclic) bond motifs is 1. The van der Waals surface area contributed by atoms with Crippen LogP contribution in [0.3, 0.4) is 0 Å². The molecule has 0 N–H and O–H groups in total. The van der Waals surface area contributed by atoms with Gasteiger partial charge in [-0.05, 0) is 69.7 Å². The van der Waals surface area contributed by atoms with Crippen LogP contribution in [0.1, 0.15) is 73.1 Å². The Kier molecular flexibility index (Phi) is 3.78. The lowest BCUT2D eigenvalue weighted by Gasteiger charge is -2.48. The normalized spacial score (nSPS) is 22.6. The number of allylic oxidation sites excluding steroid dienone is 2. The van der Waals surface area contributed by atoms with E-state index in [-0.39, 0.29) is 16.6 Å². The van der Waals surface area contributed by atoms with Crippen molar-refractivity contribution >= 4 is 23.1 Å². The third-order valence-corrected chi connectivity index (χ3v) is 7.30. The summed E-state index contributed by atoms with van der Waals surface area (Å²) in [5.41, 5.74) is 9.02. The Balaban J connectivity index is 1.70. The third-order valence-electron chi connectivity index (χ3n) is 7.30. The summed E-state index contributed by atoms with van der Waals surface area (Å²) >= 11 is 0. The van der Waals surface area contributed by atoms with Gasteiger partial charge in [0, 0.05) is 29.9 Å². The number of hydrogen-bond acceptors (Lipinski definition) is 2. The summed E-state index contributed by atoms with van der Waals surface area (Å²) in [4.78, 5) is 15.6. The summed E-state index contributed by atoms with van der Waals surface area (Å²) in [6.45, 7) is 15.9. The number of carbonyl (C=O) groups excluding carboxylic acids is 1. The molecule has 0 fully saturated rings. The molecule has 2 aliphatic heterocycles. The molecule has 5 rings (SSSR count). The van der Waals surface area contributed by atoms with Crippen molar-refractivity contribution in [2.45, 2.75) is 51.4 Å². The van der Waals surface area contributed by atoms with E-state index in [2.05, 4.69) is 57.4 Å². The second kappa shape index (κ2) is 5.95. The molecule has 1 aliphatic carbocycles. The van der Waals surface area contributed by atoms with E-state index < -0.39 is 0 Å². The van der Waals surface area contributed by atoms with E-state index in [9.17, 15) is 4.79 Å². The molecule has 0 amide bonds. The third kappa shape index (κ3) is 2.65. The SMILES string of the molecule is C=C1/C(=C\c2cc3c4c(c2)C(C)(C)CCN4CCC3(C)C)C(=O)c2ccccc21. The minimum Gasteiger partial charge on any atom is -0.371 e. The number of anilines is 1. The first kappa shape index (κ1) is 18.4. The molecule has 0 saturated heterocycles. The predicted octanol–water partition coefficient (Wildman–Crippen LogP) is 6.15. The standard InChI is InChI=1S/C27H29NO/c1-17-19-8-6-7-9-20(19)25(29)21(17)14-18-15-22-24-23(16-18)27(4,5)11-13-28(24)12-10-26(22,2)3/h6-9,14-16H,1,10-13H2,2-5H3/b21-14+. The summed E-state index contributed by atoms with van der Waals surface area (Å²) in [5, 5.41) is 0. The molecule has 0 saturated carbocycles. The summed E-state index contributed by atoms with van der Waals surface area (Å²) in [5.74, 6) is 0.0945. The number of hydrogen-bond donors (Lipinski definition) is 0. The Bertz CT molecular complexity index is 1020. The van der Waals surface area contributed by atoms with Crippen LogP contribution in [0.15, 0.2) is 48.6 Å². The van der Waals surface area contributed by atoms with Crippen molar-refractivity contribution in [3.63, 3.8) is 0 Å². The van der Waals surface area contributed by atoms with Gasteiger partial charge in [0.1, 0.15) is 0 Å². The molecule has 0 spiro atoms. The van der Waals surface area contributed by atoms with Gasteiger partial charge in [0.25, 0.3) is 0 Å². The van der Waals surface area contributed by atoms with Crippen molar-refractivity contribution in [2.24, 2.45) is 0 Å². The van der Waals surface area contributed by atoms with Crippen LogP contribution in [-0.4, -0.2) is 18.9 Å². The van der Waals surface area contributed by atoms with Gasteiger partial charge in [0.15, 0.2) is 5.78 Å². The second-order valence-electron chi connectivity index (χ2n) is 10.1. The quantitative estimate of drug-likeness (QED) is 0.551. The fourth-order valence-corrected chi connectivity index (χ4v) is 5.24. The van der Waals surface area contributed by atoms with Gasteiger partial charge in [-0.1, -0.05) is 58.5 Å². The highest BCUT2D eigenvalue weighted by Crippen LogP contribution is 2.49. The zero-order chi connectivity index (χ0) is 20.6. The first-order valence-corrected chi connectivity index (χ1v) is 10.7. The number of rotatable bonds is 1. The number of Topliss-reactive ketones (excluding diaryl/α,β-unsaturated/α-hetero) is 1. The molecule has 2 aromatic rings. The van der Waals surface area contributed by atoms with Gasteiger partial charge in [-0.2, -0.15) is 0 Å². The van der Waals surface area contributed by atoms with Crippen molar-refractivity contribution in [3.05, 3.63) is 76.4 Å². The maximum atomic E-state index is 13.0. The molecule has 0 unspecified atom stereocenters. The summed E-state index contributed by atoms with van der Waals surface area (Å²) in [7, 11) is 0. The number of benzene rings is 2. The number of carbonyl (C=O) groups is 1. The average molecular weight is 384 g/mol.